The molecular weight excluding hydrogens is 238 g/mol. The third kappa shape index (κ3) is 1.97. The highest BCUT2D eigenvalue weighted by Crippen LogP contribution is 2.32. The first-order valence-corrected chi connectivity index (χ1v) is 5.43. The Morgan fingerprint density at radius 1 is 1.39 bits per heavy atom. The van der Waals surface area contributed by atoms with Gasteiger partial charge in [-0.3, -0.25) is 4.90 Å². The molecule has 1 unspecified atom stereocenters. The normalized spacial score (nSPS) is 18.1. The molecule has 0 aliphatic carbocycles. The lowest BCUT2D eigenvalue weighted by molar-refractivity contribution is -0.143. The summed E-state index contributed by atoms with van der Waals surface area (Å²) < 4.78 is 5.07. The predicted octanol–water partition coefficient (Wildman–Crippen LogP) is 1.36. The molecule has 1 aliphatic rings. The van der Waals surface area contributed by atoms with E-state index in [2.05, 4.69) is 0 Å². The summed E-state index contributed by atoms with van der Waals surface area (Å²) >= 11 is 0. The fourth-order valence-electron chi connectivity index (χ4n) is 2.20. The molecule has 18 heavy (non-hydrogen) atoms. The minimum atomic E-state index is -1.22. The van der Waals surface area contributed by atoms with Gasteiger partial charge in [0, 0.05) is 6.54 Å². The van der Waals surface area contributed by atoms with E-state index in [-0.39, 0.29) is 6.54 Å². The SMILES string of the molecule is COc1ccc2c(c1)CCN(C(=O)O)C2C(=O)O. The number of hydrogen-bond donors (Lipinski definition) is 2. The van der Waals surface area contributed by atoms with Gasteiger partial charge < -0.3 is 14.9 Å². The third-order valence-corrected chi connectivity index (χ3v) is 3.06. The van der Waals surface area contributed by atoms with Crippen molar-refractivity contribution in [1.29, 1.82) is 0 Å². The van der Waals surface area contributed by atoms with Crippen LogP contribution in [-0.2, 0) is 11.2 Å². The maximum Gasteiger partial charge on any atom is 0.408 e. The van der Waals surface area contributed by atoms with E-state index in [1.807, 2.05) is 0 Å². The molecule has 2 N–H and O–H groups in total. The Morgan fingerprint density at radius 3 is 2.67 bits per heavy atom. The van der Waals surface area contributed by atoms with Gasteiger partial charge in [-0.1, -0.05) is 6.07 Å². The maximum absolute atomic E-state index is 11.3. The minimum Gasteiger partial charge on any atom is -0.497 e. The number of methoxy groups -OCH3 is 1. The van der Waals surface area contributed by atoms with Crippen molar-refractivity contribution in [3.8, 4) is 5.75 Å². The highest BCUT2D eigenvalue weighted by molar-refractivity contribution is 5.82. The zero-order valence-electron chi connectivity index (χ0n) is 9.79. The average Bonchev–Trinajstić information content (AvgIpc) is 2.36. The number of carboxylic acids is 1. The van der Waals surface area contributed by atoms with Crippen molar-refractivity contribution in [1.82, 2.24) is 4.90 Å². The van der Waals surface area contributed by atoms with Crippen LogP contribution in [0.2, 0.25) is 0 Å². The molecule has 0 saturated heterocycles. The number of amides is 1. The number of aliphatic carboxylic acids is 1. The highest BCUT2D eigenvalue weighted by Gasteiger charge is 2.35. The topological polar surface area (TPSA) is 87.1 Å². The van der Waals surface area contributed by atoms with Gasteiger partial charge in [0.25, 0.3) is 0 Å². The van der Waals surface area contributed by atoms with Gasteiger partial charge in [-0.05, 0) is 29.7 Å². The molecule has 1 aromatic rings. The summed E-state index contributed by atoms with van der Waals surface area (Å²) in [6.45, 7) is 0.173. The number of hydrogen-bond acceptors (Lipinski definition) is 3. The fourth-order valence-corrected chi connectivity index (χ4v) is 2.20. The summed E-state index contributed by atoms with van der Waals surface area (Å²) in [6, 6.07) is 3.87. The number of nitrogens with zero attached hydrogens (tertiary/aromatic N) is 1. The molecule has 1 aliphatic heterocycles. The van der Waals surface area contributed by atoms with Crippen LogP contribution in [0.4, 0.5) is 4.79 Å². The second kappa shape index (κ2) is 4.56. The highest BCUT2D eigenvalue weighted by atomic mass is 16.5. The summed E-state index contributed by atoms with van der Waals surface area (Å²) in [7, 11) is 1.53. The van der Waals surface area contributed by atoms with E-state index in [9.17, 15) is 14.7 Å². The third-order valence-electron chi connectivity index (χ3n) is 3.06. The molecule has 1 amide bonds. The van der Waals surface area contributed by atoms with Crippen molar-refractivity contribution >= 4 is 12.1 Å². The Hall–Kier alpha value is -2.24. The quantitative estimate of drug-likeness (QED) is 0.828. The lowest BCUT2D eigenvalue weighted by Gasteiger charge is -2.32. The Bertz CT molecular complexity index is 499. The molecule has 2 rings (SSSR count). The van der Waals surface area contributed by atoms with E-state index in [4.69, 9.17) is 9.84 Å². The molecule has 0 radical (unpaired) electrons. The zero-order chi connectivity index (χ0) is 13.3. The van der Waals surface area contributed by atoms with Gasteiger partial charge in [-0.2, -0.15) is 0 Å². The van der Waals surface area contributed by atoms with Gasteiger partial charge >= 0.3 is 12.1 Å². The molecule has 6 nitrogen and oxygen atoms in total. The summed E-state index contributed by atoms with van der Waals surface area (Å²) in [5.41, 5.74) is 1.33. The molecule has 96 valence electrons. The summed E-state index contributed by atoms with van der Waals surface area (Å²) in [5.74, 6) is -0.523. The van der Waals surface area contributed by atoms with Gasteiger partial charge in [0.2, 0.25) is 0 Å². The summed E-state index contributed by atoms with van der Waals surface area (Å²) in [5, 5.41) is 18.2. The van der Waals surface area contributed by atoms with Gasteiger partial charge in [-0.15, -0.1) is 0 Å². The van der Waals surface area contributed by atoms with E-state index in [0.29, 0.717) is 17.7 Å². The molecule has 1 aromatic carbocycles. The Labute approximate surface area is 103 Å². The Morgan fingerprint density at radius 2 is 2.11 bits per heavy atom. The van der Waals surface area contributed by atoms with Crippen LogP contribution in [0.3, 0.4) is 0 Å². The molecule has 0 spiro atoms. The lowest BCUT2D eigenvalue weighted by atomic mass is 9.92. The zero-order valence-corrected chi connectivity index (χ0v) is 9.79. The second-order valence-electron chi connectivity index (χ2n) is 4.03. The first-order chi connectivity index (χ1) is 8.54. The van der Waals surface area contributed by atoms with Gasteiger partial charge in [-0.25, -0.2) is 9.59 Å². The summed E-state index contributed by atoms with van der Waals surface area (Å²) in [4.78, 5) is 23.2. The number of rotatable bonds is 2. The van der Waals surface area contributed by atoms with Crippen molar-refractivity contribution in [3.05, 3.63) is 29.3 Å². The van der Waals surface area contributed by atoms with Crippen LogP contribution in [0.1, 0.15) is 17.2 Å². The number of carboxylic acid groups (broad SMARTS) is 2. The van der Waals surface area contributed by atoms with Crippen LogP contribution in [0.25, 0.3) is 0 Å². The Balaban J connectivity index is 2.46. The monoisotopic (exact) mass is 251 g/mol. The van der Waals surface area contributed by atoms with Gasteiger partial charge in [0.05, 0.1) is 7.11 Å². The van der Waals surface area contributed by atoms with E-state index >= 15 is 0 Å². The maximum atomic E-state index is 11.3. The molecule has 6 heteroatoms. The largest absolute Gasteiger partial charge is 0.497 e. The summed E-state index contributed by atoms with van der Waals surface area (Å²) in [6.07, 6.45) is -0.730. The molecule has 0 bridgehead atoms. The van der Waals surface area contributed by atoms with Crippen LogP contribution in [-0.4, -0.2) is 40.8 Å². The second-order valence-corrected chi connectivity index (χ2v) is 4.03. The van der Waals surface area contributed by atoms with Crippen LogP contribution >= 0.6 is 0 Å². The molecule has 1 heterocycles. The van der Waals surface area contributed by atoms with Crippen molar-refractivity contribution in [2.24, 2.45) is 0 Å². The van der Waals surface area contributed by atoms with Crippen molar-refractivity contribution in [2.75, 3.05) is 13.7 Å². The van der Waals surface area contributed by atoms with Crippen LogP contribution in [0.15, 0.2) is 18.2 Å². The van der Waals surface area contributed by atoms with Gasteiger partial charge in [0.15, 0.2) is 6.04 Å². The number of carbonyl (C=O) groups is 2. The lowest BCUT2D eigenvalue weighted by Crippen LogP contribution is -2.42. The smallest absolute Gasteiger partial charge is 0.408 e. The standard InChI is InChI=1S/C12H13NO5/c1-18-8-2-3-9-7(6-8)4-5-13(12(16)17)10(9)11(14)15/h2-3,6,10H,4-5H2,1H3,(H,14,15)(H,16,17). The van der Waals surface area contributed by atoms with Crippen LogP contribution in [0.5, 0.6) is 5.75 Å². The van der Waals surface area contributed by atoms with Gasteiger partial charge in [0.1, 0.15) is 5.75 Å². The van der Waals surface area contributed by atoms with E-state index < -0.39 is 18.1 Å². The van der Waals surface area contributed by atoms with E-state index in [0.717, 1.165) is 10.5 Å². The first kappa shape index (κ1) is 12.2. The molecular formula is C12H13NO5. The molecule has 0 aromatic heterocycles. The minimum absolute atomic E-state index is 0.173. The number of fused-ring (bicyclic) bond motifs is 1. The number of benzene rings is 1. The van der Waals surface area contributed by atoms with Crippen LogP contribution in [0, 0.1) is 0 Å². The average molecular weight is 251 g/mol. The van der Waals surface area contributed by atoms with Crippen LogP contribution < -0.4 is 4.74 Å². The van der Waals surface area contributed by atoms with Crippen molar-refractivity contribution in [2.45, 2.75) is 12.5 Å². The Kier molecular flexibility index (Phi) is 3.10. The van der Waals surface area contributed by atoms with E-state index in [1.165, 1.54) is 7.11 Å². The molecule has 0 saturated carbocycles. The van der Waals surface area contributed by atoms with Crippen molar-refractivity contribution in [3.63, 3.8) is 0 Å². The van der Waals surface area contributed by atoms with E-state index in [1.54, 1.807) is 18.2 Å². The molecule has 0 fully saturated rings. The fraction of sp³-hybridized carbons (Fsp3) is 0.333. The predicted molar refractivity (Wildman–Crippen MR) is 61.8 cm³/mol. The first-order valence-electron chi connectivity index (χ1n) is 5.43. The van der Waals surface area contributed by atoms with Crippen molar-refractivity contribution < 1.29 is 24.5 Å². The molecule has 1 atom stereocenters. The number of ether oxygens (including phenoxy) is 1.